The van der Waals surface area contributed by atoms with Crippen LogP contribution in [0.3, 0.4) is 0 Å². The van der Waals surface area contributed by atoms with Crippen molar-refractivity contribution in [1.82, 2.24) is 4.57 Å². The quantitative estimate of drug-likeness (QED) is 0.459. The molecule has 0 spiro atoms. The monoisotopic (exact) mass is 442 g/mol. The number of carbonyl (C=O) groups is 2. The Labute approximate surface area is 189 Å². The summed E-state index contributed by atoms with van der Waals surface area (Å²) in [5.41, 5.74) is 1.44. The Bertz CT molecular complexity index is 951. The Kier molecular flexibility index (Phi) is 8.07. The second kappa shape index (κ2) is 10.8. The molecule has 7 nitrogen and oxygen atoms in total. The predicted octanol–water partition coefficient (Wildman–Crippen LogP) is 4.70. The predicted molar refractivity (Wildman–Crippen MR) is 124 cm³/mol. The molecule has 1 unspecified atom stereocenters. The molecular formula is C25H34N2O5. The number of hydrogen-bond donors (Lipinski definition) is 0. The topological polar surface area (TPSA) is 79.1 Å². The van der Waals surface area contributed by atoms with Crippen molar-refractivity contribution >= 4 is 29.2 Å². The molecule has 1 fully saturated rings. The molecule has 0 aliphatic carbocycles. The maximum Gasteiger partial charge on any atom is 0.433 e. The zero-order valence-corrected chi connectivity index (χ0v) is 19.5. The lowest BCUT2D eigenvalue weighted by Crippen LogP contribution is -2.25. The van der Waals surface area contributed by atoms with Crippen LogP contribution in [0.1, 0.15) is 45.6 Å². The number of aliphatic imine (C=N–C) groups is 1. The second-order valence-corrected chi connectivity index (χ2v) is 9.36. The smallest absolute Gasteiger partial charge is 0.433 e. The highest BCUT2D eigenvalue weighted by molar-refractivity contribution is 5.95. The Balaban J connectivity index is 1.70. The first-order valence-corrected chi connectivity index (χ1v) is 11.3. The number of hydrogen-bond acceptors (Lipinski definition) is 5. The minimum atomic E-state index is -0.713. The fourth-order valence-electron chi connectivity index (χ4n) is 3.93. The van der Waals surface area contributed by atoms with Crippen molar-refractivity contribution in [2.24, 2.45) is 23.9 Å². The van der Waals surface area contributed by atoms with Crippen molar-refractivity contribution in [2.75, 3.05) is 19.8 Å². The fourth-order valence-corrected chi connectivity index (χ4v) is 3.93. The summed E-state index contributed by atoms with van der Waals surface area (Å²) in [6, 6.07) is 8.03. The third kappa shape index (κ3) is 6.92. The summed E-state index contributed by atoms with van der Waals surface area (Å²) in [6.45, 7) is 7.22. The normalized spacial score (nSPS) is 16.4. The van der Waals surface area contributed by atoms with Gasteiger partial charge in [-0.05, 0) is 64.0 Å². The Morgan fingerprint density at radius 3 is 2.69 bits per heavy atom. The summed E-state index contributed by atoms with van der Waals surface area (Å²) < 4.78 is 18.3. The molecular weight excluding hydrogens is 408 g/mol. The number of amides is 1. The van der Waals surface area contributed by atoms with Gasteiger partial charge in [-0.15, -0.1) is 0 Å². The van der Waals surface area contributed by atoms with Gasteiger partial charge in [0, 0.05) is 43.6 Å². The van der Waals surface area contributed by atoms with Gasteiger partial charge in [0.2, 0.25) is 0 Å². The molecule has 1 aliphatic heterocycles. The van der Waals surface area contributed by atoms with Gasteiger partial charge in [-0.25, -0.2) is 4.79 Å². The minimum absolute atomic E-state index is 0.357. The van der Waals surface area contributed by atoms with Crippen LogP contribution in [0.4, 0.5) is 4.79 Å². The maximum absolute atomic E-state index is 12.9. The van der Waals surface area contributed by atoms with Crippen molar-refractivity contribution in [3.63, 3.8) is 0 Å². The molecule has 0 bridgehead atoms. The Morgan fingerprint density at radius 1 is 1.25 bits per heavy atom. The molecule has 1 aliphatic rings. The summed E-state index contributed by atoms with van der Waals surface area (Å²) in [7, 11) is 1.97. The average Bonchev–Trinajstić information content (AvgIpc) is 3.06. The van der Waals surface area contributed by atoms with Crippen LogP contribution in [-0.4, -0.2) is 48.3 Å². The lowest BCUT2D eigenvalue weighted by atomic mass is 9.97. The van der Waals surface area contributed by atoms with Crippen LogP contribution in [0, 0.1) is 11.8 Å². The molecule has 0 N–H and O–H groups in total. The molecule has 1 atom stereocenters. The average molecular weight is 443 g/mol. The van der Waals surface area contributed by atoms with E-state index in [2.05, 4.69) is 4.99 Å². The van der Waals surface area contributed by atoms with Crippen LogP contribution in [0.2, 0.25) is 0 Å². The highest BCUT2D eigenvalue weighted by Crippen LogP contribution is 2.24. The lowest BCUT2D eigenvalue weighted by molar-refractivity contribution is -0.146. The summed E-state index contributed by atoms with van der Waals surface area (Å²) in [6.07, 6.45) is 5.87. The number of benzene rings is 1. The molecule has 3 rings (SSSR count). The van der Waals surface area contributed by atoms with Crippen LogP contribution in [0.15, 0.2) is 35.5 Å². The number of nitrogens with zero attached hydrogens (tertiary/aromatic N) is 2. The SMILES string of the molecule is Cn1cc(CC(C=NC(=O)OC(C)(C)C)C(=O)OCCC2CCOCC2)c2ccccc21. The molecule has 0 radical (unpaired) electrons. The molecule has 1 aromatic heterocycles. The maximum atomic E-state index is 12.9. The van der Waals surface area contributed by atoms with Crippen LogP contribution in [-0.2, 0) is 32.5 Å². The van der Waals surface area contributed by atoms with Gasteiger partial charge in [0.25, 0.3) is 0 Å². The fraction of sp³-hybridized carbons (Fsp3) is 0.560. The Hall–Kier alpha value is -2.67. The van der Waals surface area contributed by atoms with Gasteiger partial charge in [-0.2, -0.15) is 4.99 Å². The van der Waals surface area contributed by atoms with Gasteiger partial charge in [0.05, 0.1) is 12.5 Å². The van der Waals surface area contributed by atoms with E-state index in [1.54, 1.807) is 20.8 Å². The minimum Gasteiger partial charge on any atom is -0.465 e. The van der Waals surface area contributed by atoms with Gasteiger partial charge < -0.3 is 18.8 Å². The molecule has 2 heterocycles. The molecule has 1 amide bonds. The first kappa shape index (κ1) is 24.0. The number of carbonyl (C=O) groups excluding carboxylic acids is 2. The van der Waals surface area contributed by atoms with Crippen molar-refractivity contribution in [2.45, 2.75) is 52.1 Å². The number of aromatic nitrogens is 1. The zero-order chi connectivity index (χ0) is 23.1. The lowest BCUT2D eigenvalue weighted by Gasteiger charge is -2.22. The van der Waals surface area contributed by atoms with Gasteiger partial charge in [0.1, 0.15) is 5.60 Å². The van der Waals surface area contributed by atoms with Gasteiger partial charge in [-0.3, -0.25) is 4.79 Å². The number of esters is 1. The third-order valence-electron chi connectivity index (χ3n) is 5.59. The van der Waals surface area contributed by atoms with Crippen molar-refractivity contribution < 1.29 is 23.8 Å². The van der Waals surface area contributed by atoms with Crippen LogP contribution >= 0.6 is 0 Å². The van der Waals surface area contributed by atoms with E-state index in [1.165, 1.54) is 6.21 Å². The largest absolute Gasteiger partial charge is 0.465 e. The number of fused-ring (bicyclic) bond motifs is 1. The zero-order valence-electron chi connectivity index (χ0n) is 19.5. The molecule has 2 aromatic rings. The third-order valence-corrected chi connectivity index (χ3v) is 5.59. The first-order valence-electron chi connectivity index (χ1n) is 11.3. The Morgan fingerprint density at radius 2 is 1.97 bits per heavy atom. The van der Waals surface area contributed by atoms with Crippen molar-refractivity contribution in [3.8, 4) is 0 Å². The summed E-state index contributed by atoms with van der Waals surface area (Å²) in [5, 5.41) is 1.07. The number of rotatable bonds is 7. The van der Waals surface area contributed by atoms with Crippen LogP contribution in [0.25, 0.3) is 10.9 Å². The molecule has 0 saturated carbocycles. The number of aryl methyl sites for hydroxylation is 1. The van der Waals surface area contributed by atoms with Gasteiger partial charge in [0.15, 0.2) is 0 Å². The van der Waals surface area contributed by atoms with E-state index in [0.29, 0.717) is 18.9 Å². The summed E-state index contributed by atoms with van der Waals surface area (Å²) >= 11 is 0. The van der Waals surface area contributed by atoms with E-state index in [1.807, 2.05) is 42.1 Å². The summed E-state index contributed by atoms with van der Waals surface area (Å²) in [5.74, 6) is -0.538. The number of para-hydroxylation sites is 1. The van der Waals surface area contributed by atoms with Crippen molar-refractivity contribution in [3.05, 3.63) is 36.0 Å². The van der Waals surface area contributed by atoms with E-state index in [9.17, 15) is 9.59 Å². The van der Waals surface area contributed by atoms with E-state index >= 15 is 0 Å². The van der Waals surface area contributed by atoms with E-state index in [0.717, 1.165) is 48.9 Å². The molecule has 7 heteroatoms. The van der Waals surface area contributed by atoms with Crippen LogP contribution < -0.4 is 0 Å². The van der Waals surface area contributed by atoms with E-state index < -0.39 is 17.6 Å². The van der Waals surface area contributed by atoms with Gasteiger partial charge >= 0.3 is 12.1 Å². The second-order valence-electron chi connectivity index (χ2n) is 9.36. The highest BCUT2D eigenvalue weighted by atomic mass is 16.6. The molecule has 1 aromatic carbocycles. The van der Waals surface area contributed by atoms with Crippen LogP contribution in [0.5, 0.6) is 0 Å². The summed E-state index contributed by atoms with van der Waals surface area (Å²) in [4.78, 5) is 28.9. The number of ether oxygens (including phenoxy) is 3. The van der Waals surface area contributed by atoms with Crippen molar-refractivity contribution in [1.29, 1.82) is 0 Å². The molecule has 1 saturated heterocycles. The van der Waals surface area contributed by atoms with E-state index in [4.69, 9.17) is 14.2 Å². The standard InChI is InChI=1S/C25H34N2O5/c1-25(2,3)32-24(29)26-16-19(23(28)31-14-11-18-9-12-30-13-10-18)15-20-17-27(4)22-8-6-5-7-21(20)22/h5-8,16-19H,9-15H2,1-4H3. The highest BCUT2D eigenvalue weighted by Gasteiger charge is 2.23. The van der Waals surface area contributed by atoms with Gasteiger partial charge in [-0.1, -0.05) is 18.2 Å². The molecule has 174 valence electrons. The van der Waals surface area contributed by atoms with E-state index in [-0.39, 0.29) is 5.97 Å². The first-order chi connectivity index (χ1) is 15.2. The molecule has 32 heavy (non-hydrogen) atoms.